The van der Waals surface area contributed by atoms with Gasteiger partial charge in [0, 0.05) is 20.4 Å². The van der Waals surface area contributed by atoms with Gasteiger partial charge in [-0.3, -0.25) is 4.79 Å². The summed E-state index contributed by atoms with van der Waals surface area (Å²) in [7, 11) is 0. The van der Waals surface area contributed by atoms with E-state index >= 15 is 0 Å². The van der Waals surface area contributed by atoms with Crippen molar-refractivity contribution in [3.05, 3.63) is 87.0 Å². The Morgan fingerprint density at radius 3 is 2.41 bits per heavy atom. The van der Waals surface area contributed by atoms with Crippen molar-refractivity contribution in [2.45, 2.75) is 6.18 Å². The Morgan fingerprint density at radius 1 is 0.931 bits per heavy atom. The zero-order valence-corrected chi connectivity index (χ0v) is 16.9. The maximum absolute atomic E-state index is 12.9. The maximum Gasteiger partial charge on any atom is 0.416 e. The standard InChI is InChI=1S/C22H13F3INO2/c23-22(24,25)14-4-2-6-17(11-14)29-16-5-1-3-13(9-16)10-19-18-12-15(26)7-8-20(18)27-21(19)28/h1-12H,(H,27,28). The highest BCUT2D eigenvalue weighted by Crippen LogP contribution is 2.35. The van der Waals surface area contributed by atoms with Crippen molar-refractivity contribution in [1.82, 2.24) is 0 Å². The molecule has 0 fully saturated rings. The van der Waals surface area contributed by atoms with Crippen LogP contribution in [0.25, 0.3) is 11.6 Å². The van der Waals surface area contributed by atoms with Gasteiger partial charge in [0.1, 0.15) is 11.5 Å². The van der Waals surface area contributed by atoms with Crippen LogP contribution >= 0.6 is 22.6 Å². The summed E-state index contributed by atoms with van der Waals surface area (Å²) in [5, 5.41) is 2.82. The first kappa shape index (κ1) is 19.5. The summed E-state index contributed by atoms with van der Waals surface area (Å²) in [4.78, 5) is 12.3. The molecule has 3 nitrogen and oxygen atoms in total. The number of ether oxygens (including phenoxy) is 1. The minimum Gasteiger partial charge on any atom is -0.457 e. The molecular weight excluding hydrogens is 494 g/mol. The van der Waals surface area contributed by atoms with E-state index in [-0.39, 0.29) is 11.7 Å². The Labute approximate surface area is 178 Å². The van der Waals surface area contributed by atoms with Crippen LogP contribution in [0.3, 0.4) is 0 Å². The van der Waals surface area contributed by atoms with Crippen LogP contribution in [-0.2, 0) is 11.0 Å². The molecule has 4 rings (SSSR count). The second-order valence-electron chi connectivity index (χ2n) is 6.40. The lowest BCUT2D eigenvalue weighted by Crippen LogP contribution is -2.04. The molecule has 0 saturated carbocycles. The van der Waals surface area contributed by atoms with Crippen LogP contribution in [0.1, 0.15) is 16.7 Å². The zero-order chi connectivity index (χ0) is 20.6. The number of hydrogen-bond donors (Lipinski definition) is 1. The van der Waals surface area contributed by atoms with Gasteiger partial charge in [0.05, 0.1) is 5.56 Å². The van der Waals surface area contributed by atoms with E-state index in [1.807, 2.05) is 18.2 Å². The Kier molecular flexibility index (Phi) is 5.08. The number of rotatable bonds is 3. The van der Waals surface area contributed by atoms with Crippen molar-refractivity contribution in [1.29, 1.82) is 0 Å². The molecule has 1 heterocycles. The van der Waals surface area contributed by atoms with E-state index in [0.717, 1.165) is 27.0 Å². The third kappa shape index (κ3) is 4.29. The minimum absolute atomic E-state index is 0.0862. The molecule has 0 aliphatic carbocycles. The number of anilines is 1. The molecular formula is C22H13F3INO2. The van der Waals surface area contributed by atoms with Crippen LogP contribution in [0.5, 0.6) is 11.5 Å². The Morgan fingerprint density at radius 2 is 1.66 bits per heavy atom. The predicted octanol–water partition coefficient (Wildman–Crippen LogP) is 6.60. The van der Waals surface area contributed by atoms with Gasteiger partial charge in [-0.05, 0) is 82.8 Å². The van der Waals surface area contributed by atoms with Crippen LogP contribution in [0.2, 0.25) is 0 Å². The summed E-state index contributed by atoms with van der Waals surface area (Å²) >= 11 is 2.18. The Bertz CT molecular complexity index is 1140. The lowest BCUT2D eigenvalue weighted by molar-refractivity contribution is -0.137. The minimum atomic E-state index is -4.44. The third-order valence-corrected chi connectivity index (χ3v) is 5.00. The van der Waals surface area contributed by atoms with Crippen molar-refractivity contribution in [2.75, 3.05) is 5.32 Å². The van der Waals surface area contributed by atoms with E-state index in [1.165, 1.54) is 12.1 Å². The van der Waals surface area contributed by atoms with Gasteiger partial charge >= 0.3 is 6.18 Å². The quantitative estimate of drug-likeness (QED) is 0.321. The Hall–Kier alpha value is -2.81. The van der Waals surface area contributed by atoms with Gasteiger partial charge in [-0.25, -0.2) is 0 Å². The monoisotopic (exact) mass is 507 g/mol. The molecule has 1 aliphatic rings. The topological polar surface area (TPSA) is 38.3 Å². The molecule has 146 valence electrons. The summed E-state index contributed by atoms with van der Waals surface area (Å²) in [5.74, 6) is 0.259. The van der Waals surface area contributed by atoms with E-state index < -0.39 is 11.7 Å². The normalized spacial score (nSPS) is 14.6. The molecule has 29 heavy (non-hydrogen) atoms. The number of benzene rings is 3. The molecule has 0 saturated heterocycles. The molecule has 1 amide bonds. The van der Waals surface area contributed by atoms with Crippen molar-refractivity contribution >= 4 is 45.8 Å². The highest BCUT2D eigenvalue weighted by Gasteiger charge is 2.30. The van der Waals surface area contributed by atoms with Crippen LogP contribution in [0.4, 0.5) is 18.9 Å². The highest BCUT2D eigenvalue weighted by atomic mass is 127. The van der Waals surface area contributed by atoms with E-state index in [0.29, 0.717) is 16.9 Å². The second kappa shape index (κ2) is 7.55. The summed E-state index contributed by atoms with van der Waals surface area (Å²) in [6.07, 6.45) is -2.71. The number of halogens is 4. The highest BCUT2D eigenvalue weighted by molar-refractivity contribution is 14.1. The van der Waals surface area contributed by atoms with Gasteiger partial charge in [0.15, 0.2) is 0 Å². The number of carbonyl (C=O) groups excluding carboxylic acids is 1. The number of carbonyl (C=O) groups is 1. The largest absolute Gasteiger partial charge is 0.457 e. The van der Waals surface area contributed by atoms with Crippen molar-refractivity contribution < 1.29 is 22.7 Å². The van der Waals surface area contributed by atoms with E-state index in [1.54, 1.807) is 30.3 Å². The molecule has 3 aromatic carbocycles. The fraction of sp³-hybridized carbons (Fsp3) is 0.0455. The lowest BCUT2D eigenvalue weighted by Gasteiger charge is -2.10. The summed E-state index contributed by atoms with van der Waals surface area (Å²) in [6.45, 7) is 0. The summed E-state index contributed by atoms with van der Waals surface area (Å²) in [6, 6.07) is 17.2. The SMILES string of the molecule is O=C1Nc2ccc(I)cc2C1=Cc1cccc(Oc2cccc(C(F)(F)F)c2)c1. The number of alkyl halides is 3. The number of hydrogen-bond acceptors (Lipinski definition) is 2. The molecule has 0 bridgehead atoms. The van der Waals surface area contributed by atoms with E-state index in [4.69, 9.17) is 4.74 Å². The van der Waals surface area contributed by atoms with Gasteiger partial charge in [-0.1, -0.05) is 18.2 Å². The average Bonchev–Trinajstić information content (AvgIpc) is 2.97. The number of amides is 1. The molecule has 0 atom stereocenters. The van der Waals surface area contributed by atoms with Crippen LogP contribution in [0.15, 0.2) is 66.7 Å². The molecule has 0 aromatic heterocycles. The fourth-order valence-electron chi connectivity index (χ4n) is 3.01. The molecule has 0 unspecified atom stereocenters. The first-order chi connectivity index (χ1) is 13.8. The number of nitrogens with one attached hydrogen (secondary N) is 1. The second-order valence-corrected chi connectivity index (χ2v) is 7.65. The maximum atomic E-state index is 12.9. The van der Waals surface area contributed by atoms with E-state index in [2.05, 4.69) is 27.9 Å². The van der Waals surface area contributed by atoms with Gasteiger partial charge in [0.2, 0.25) is 0 Å². The molecule has 1 N–H and O–H groups in total. The van der Waals surface area contributed by atoms with Crippen LogP contribution in [0, 0.1) is 3.57 Å². The van der Waals surface area contributed by atoms with Crippen LogP contribution in [-0.4, -0.2) is 5.91 Å². The number of fused-ring (bicyclic) bond motifs is 1. The van der Waals surface area contributed by atoms with Gasteiger partial charge < -0.3 is 10.1 Å². The Balaban J connectivity index is 1.63. The average molecular weight is 507 g/mol. The third-order valence-electron chi connectivity index (χ3n) is 4.33. The first-order valence-corrected chi connectivity index (χ1v) is 9.66. The molecule has 7 heteroatoms. The van der Waals surface area contributed by atoms with Crippen LogP contribution < -0.4 is 10.1 Å². The first-order valence-electron chi connectivity index (χ1n) is 8.58. The van der Waals surface area contributed by atoms with Gasteiger partial charge in [-0.15, -0.1) is 0 Å². The van der Waals surface area contributed by atoms with Crippen molar-refractivity contribution in [3.8, 4) is 11.5 Å². The van der Waals surface area contributed by atoms with Gasteiger partial charge in [-0.2, -0.15) is 13.2 Å². The molecule has 0 radical (unpaired) electrons. The molecule has 0 spiro atoms. The van der Waals surface area contributed by atoms with E-state index in [9.17, 15) is 18.0 Å². The predicted molar refractivity (Wildman–Crippen MR) is 114 cm³/mol. The van der Waals surface area contributed by atoms with Gasteiger partial charge in [0.25, 0.3) is 5.91 Å². The zero-order valence-electron chi connectivity index (χ0n) is 14.8. The fourth-order valence-corrected chi connectivity index (χ4v) is 3.50. The van der Waals surface area contributed by atoms with Crippen molar-refractivity contribution in [3.63, 3.8) is 0 Å². The summed E-state index contributed by atoms with van der Waals surface area (Å²) < 4.78 is 45.3. The molecule has 3 aromatic rings. The summed E-state index contributed by atoms with van der Waals surface area (Å²) in [5.41, 5.74) is 2.01. The smallest absolute Gasteiger partial charge is 0.416 e. The lowest BCUT2D eigenvalue weighted by atomic mass is 10.0. The molecule has 1 aliphatic heterocycles. The van der Waals surface area contributed by atoms with Crippen molar-refractivity contribution in [2.24, 2.45) is 0 Å².